The first-order valence-corrected chi connectivity index (χ1v) is 9.31. The van der Waals surface area contributed by atoms with Crippen LogP contribution in [0.15, 0.2) is 35.5 Å². The maximum Gasteiger partial charge on any atom is 0.355 e. The summed E-state index contributed by atoms with van der Waals surface area (Å²) in [5, 5.41) is 0. The summed E-state index contributed by atoms with van der Waals surface area (Å²) in [4.78, 5) is 41.5. The SMILES string of the molecule is COC(=O)C1=C(C(=O)OC)N(c2ccc(N3CCN(C(C)=O)CC3)cc2)COC1. The fraction of sp³-hybridized carbons (Fsp3) is 0.450. The van der Waals surface area contributed by atoms with Crippen LogP contribution < -0.4 is 9.80 Å². The predicted octanol–water partition coefficient (Wildman–Crippen LogP) is 0.749. The molecule has 0 saturated carbocycles. The Hall–Kier alpha value is -3.07. The van der Waals surface area contributed by atoms with Crippen molar-refractivity contribution >= 4 is 29.2 Å². The van der Waals surface area contributed by atoms with Gasteiger partial charge in [-0.25, -0.2) is 9.59 Å². The van der Waals surface area contributed by atoms with Crippen molar-refractivity contribution in [2.45, 2.75) is 6.92 Å². The maximum atomic E-state index is 12.4. The summed E-state index contributed by atoms with van der Waals surface area (Å²) in [6.45, 7) is 4.56. The molecular weight excluding hydrogens is 378 g/mol. The molecule has 1 amide bonds. The molecule has 9 heteroatoms. The molecule has 0 aromatic heterocycles. The Labute approximate surface area is 169 Å². The Morgan fingerprint density at radius 1 is 0.897 bits per heavy atom. The lowest BCUT2D eigenvalue weighted by atomic mass is 10.1. The van der Waals surface area contributed by atoms with E-state index in [1.807, 2.05) is 29.2 Å². The van der Waals surface area contributed by atoms with E-state index >= 15 is 0 Å². The summed E-state index contributed by atoms with van der Waals surface area (Å²) in [7, 11) is 2.52. The average molecular weight is 403 g/mol. The average Bonchev–Trinajstić information content (AvgIpc) is 2.77. The van der Waals surface area contributed by atoms with Crippen LogP contribution in [0.4, 0.5) is 11.4 Å². The summed E-state index contributed by atoms with van der Waals surface area (Å²) in [6, 6.07) is 7.61. The molecule has 0 unspecified atom stereocenters. The largest absolute Gasteiger partial charge is 0.466 e. The summed E-state index contributed by atoms with van der Waals surface area (Å²) >= 11 is 0. The quantitative estimate of drug-likeness (QED) is 0.681. The minimum Gasteiger partial charge on any atom is -0.466 e. The van der Waals surface area contributed by atoms with Crippen LogP contribution in [0.25, 0.3) is 0 Å². The van der Waals surface area contributed by atoms with Crippen molar-refractivity contribution in [2.75, 3.05) is 63.5 Å². The van der Waals surface area contributed by atoms with Gasteiger partial charge in [-0.2, -0.15) is 0 Å². The number of hydrogen-bond donors (Lipinski definition) is 0. The second-order valence-electron chi connectivity index (χ2n) is 6.73. The molecule has 3 rings (SSSR count). The van der Waals surface area contributed by atoms with Gasteiger partial charge < -0.3 is 28.9 Å². The molecule has 156 valence electrons. The molecule has 1 fully saturated rings. The number of hydrogen-bond acceptors (Lipinski definition) is 8. The van der Waals surface area contributed by atoms with Crippen molar-refractivity contribution in [1.29, 1.82) is 0 Å². The van der Waals surface area contributed by atoms with E-state index in [9.17, 15) is 14.4 Å². The highest BCUT2D eigenvalue weighted by molar-refractivity contribution is 6.03. The standard InChI is InChI=1S/C20H25N3O6/c1-14(24)21-8-10-22(11-9-21)15-4-6-16(7-5-15)23-13-29-12-17(19(25)27-2)18(23)20(26)28-3/h4-7H,8-13H2,1-3H3. The number of carbonyl (C=O) groups is 3. The Bertz CT molecular complexity index is 812. The van der Waals surface area contributed by atoms with Crippen molar-refractivity contribution in [3.63, 3.8) is 0 Å². The fourth-order valence-corrected chi connectivity index (χ4v) is 3.47. The van der Waals surface area contributed by atoms with Gasteiger partial charge in [-0.3, -0.25) is 4.79 Å². The molecule has 1 aromatic carbocycles. The van der Waals surface area contributed by atoms with E-state index in [0.717, 1.165) is 18.8 Å². The molecule has 2 aliphatic heterocycles. The molecule has 1 saturated heterocycles. The molecule has 0 spiro atoms. The van der Waals surface area contributed by atoms with Crippen LogP contribution in [0.3, 0.4) is 0 Å². The van der Waals surface area contributed by atoms with Gasteiger partial charge in [0.15, 0.2) is 0 Å². The van der Waals surface area contributed by atoms with Crippen LogP contribution in [-0.4, -0.2) is 76.5 Å². The summed E-state index contributed by atoms with van der Waals surface area (Å²) in [5.74, 6) is -1.16. The van der Waals surface area contributed by atoms with Gasteiger partial charge in [0.05, 0.1) is 26.4 Å². The van der Waals surface area contributed by atoms with Crippen molar-refractivity contribution in [3.05, 3.63) is 35.5 Å². The van der Waals surface area contributed by atoms with Gasteiger partial charge in [0, 0.05) is 44.5 Å². The third kappa shape index (κ3) is 4.34. The topological polar surface area (TPSA) is 88.6 Å². The lowest BCUT2D eigenvalue weighted by molar-refractivity contribution is -0.140. The van der Waals surface area contributed by atoms with Gasteiger partial charge in [-0.15, -0.1) is 0 Å². The van der Waals surface area contributed by atoms with Crippen LogP contribution >= 0.6 is 0 Å². The number of amides is 1. The number of piperazine rings is 1. The van der Waals surface area contributed by atoms with Crippen LogP contribution in [0.1, 0.15) is 6.92 Å². The molecule has 0 N–H and O–H groups in total. The van der Waals surface area contributed by atoms with Gasteiger partial charge in [0.2, 0.25) is 5.91 Å². The maximum absolute atomic E-state index is 12.4. The first kappa shape index (κ1) is 20.7. The fourth-order valence-electron chi connectivity index (χ4n) is 3.47. The van der Waals surface area contributed by atoms with Gasteiger partial charge in [-0.05, 0) is 24.3 Å². The lowest BCUT2D eigenvalue weighted by Crippen LogP contribution is -2.48. The van der Waals surface area contributed by atoms with E-state index in [2.05, 4.69) is 4.90 Å². The summed E-state index contributed by atoms with van der Waals surface area (Å²) < 4.78 is 15.1. The third-order valence-corrected chi connectivity index (χ3v) is 5.08. The van der Waals surface area contributed by atoms with Crippen molar-refractivity contribution in [2.24, 2.45) is 0 Å². The number of benzene rings is 1. The summed E-state index contributed by atoms with van der Waals surface area (Å²) in [5.41, 5.74) is 1.95. The Morgan fingerprint density at radius 3 is 2.03 bits per heavy atom. The zero-order valence-corrected chi connectivity index (χ0v) is 16.8. The first-order valence-electron chi connectivity index (χ1n) is 9.31. The second-order valence-corrected chi connectivity index (χ2v) is 6.73. The number of esters is 2. The molecule has 2 heterocycles. The van der Waals surface area contributed by atoms with Gasteiger partial charge in [-0.1, -0.05) is 0 Å². The van der Waals surface area contributed by atoms with Gasteiger partial charge in [0.25, 0.3) is 0 Å². The van der Waals surface area contributed by atoms with E-state index in [-0.39, 0.29) is 30.5 Å². The number of nitrogens with zero attached hydrogens (tertiary/aromatic N) is 3. The molecule has 9 nitrogen and oxygen atoms in total. The number of anilines is 2. The molecule has 0 radical (unpaired) electrons. The monoisotopic (exact) mass is 403 g/mol. The molecule has 29 heavy (non-hydrogen) atoms. The molecule has 2 aliphatic rings. The van der Waals surface area contributed by atoms with Gasteiger partial charge in [0.1, 0.15) is 12.4 Å². The van der Waals surface area contributed by atoms with E-state index in [4.69, 9.17) is 14.2 Å². The van der Waals surface area contributed by atoms with E-state index in [1.54, 1.807) is 11.8 Å². The first-order chi connectivity index (χ1) is 14.0. The zero-order valence-electron chi connectivity index (χ0n) is 16.8. The van der Waals surface area contributed by atoms with Gasteiger partial charge >= 0.3 is 11.9 Å². The zero-order chi connectivity index (χ0) is 21.0. The highest BCUT2D eigenvalue weighted by Crippen LogP contribution is 2.28. The lowest BCUT2D eigenvalue weighted by Gasteiger charge is -2.36. The van der Waals surface area contributed by atoms with E-state index in [1.165, 1.54) is 14.2 Å². The molecular formula is C20H25N3O6. The second kappa shape index (κ2) is 8.95. The highest BCUT2D eigenvalue weighted by Gasteiger charge is 2.32. The normalized spacial score (nSPS) is 17.3. The van der Waals surface area contributed by atoms with E-state index < -0.39 is 11.9 Å². The van der Waals surface area contributed by atoms with Crippen LogP contribution in [0.2, 0.25) is 0 Å². The Kier molecular flexibility index (Phi) is 6.38. The van der Waals surface area contributed by atoms with Crippen LogP contribution in [0, 0.1) is 0 Å². The number of methoxy groups -OCH3 is 2. The highest BCUT2D eigenvalue weighted by atomic mass is 16.5. The minimum absolute atomic E-state index is 0.0217. The Balaban J connectivity index is 1.82. The third-order valence-electron chi connectivity index (χ3n) is 5.08. The van der Waals surface area contributed by atoms with Crippen LogP contribution in [-0.2, 0) is 28.6 Å². The minimum atomic E-state index is -0.630. The van der Waals surface area contributed by atoms with Crippen LogP contribution in [0.5, 0.6) is 0 Å². The van der Waals surface area contributed by atoms with Crippen molar-refractivity contribution in [3.8, 4) is 0 Å². The molecule has 0 atom stereocenters. The van der Waals surface area contributed by atoms with Crippen molar-refractivity contribution in [1.82, 2.24) is 4.90 Å². The predicted molar refractivity (Wildman–Crippen MR) is 105 cm³/mol. The molecule has 0 bridgehead atoms. The smallest absolute Gasteiger partial charge is 0.355 e. The Morgan fingerprint density at radius 2 is 1.48 bits per heavy atom. The van der Waals surface area contributed by atoms with E-state index in [0.29, 0.717) is 18.8 Å². The summed E-state index contributed by atoms with van der Waals surface area (Å²) in [6.07, 6.45) is 0. The van der Waals surface area contributed by atoms with Crippen molar-refractivity contribution < 1.29 is 28.6 Å². The molecule has 0 aliphatic carbocycles. The number of ether oxygens (including phenoxy) is 3. The number of carbonyl (C=O) groups excluding carboxylic acids is 3. The number of rotatable bonds is 4. The molecule has 1 aromatic rings.